The van der Waals surface area contributed by atoms with Gasteiger partial charge in [0, 0.05) is 12.1 Å². The third-order valence-corrected chi connectivity index (χ3v) is 3.47. The number of amides is 2. The number of rotatable bonds is 3. The Bertz CT molecular complexity index is 694. The zero-order valence-electron chi connectivity index (χ0n) is 11.5. The molecule has 1 unspecified atom stereocenters. The van der Waals surface area contributed by atoms with Crippen LogP contribution in [0.2, 0.25) is 0 Å². The van der Waals surface area contributed by atoms with Crippen LogP contribution >= 0.6 is 0 Å². The van der Waals surface area contributed by atoms with Crippen molar-refractivity contribution in [3.8, 4) is 0 Å². The zero-order chi connectivity index (χ0) is 14.8. The van der Waals surface area contributed by atoms with Crippen molar-refractivity contribution >= 4 is 23.5 Å². The van der Waals surface area contributed by atoms with Gasteiger partial charge in [0.1, 0.15) is 6.33 Å². The second kappa shape index (κ2) is 5.35. The number of carbonyl (C=O) groups excluding carboxylic acids is 2. The molecular weight excluding hydrogens is 270 g/mol. The van der Waals surface area contributed by atoms with Crippen LogP contribution in [0.15, 0.2) is 30.6 Å². The summed E-state index contributed by atoms with van der Waals surface area (Å²) in [5, 5.41) is 9.48. The molecule has 0 bridgehead atoms. The first kappa shape index (κ1) is 13.3. The average molecular weight is 285 g/mol. The van der Waals surface area contributed by atoms with Crippen LogP contribution < -0.4 is 10.6 Å². The highest BCUT2D eigenvalue weighted by Crippen LogP contribution is 2.19. The van der Waals surface area contributed by atoms with E-state index in [2.05, 4.69) is 20.7 Å². The number of anilines is 2. The van der Waals surface area contributed by atoms with Crippen molar-refractivity contribution in [1.29, 1.82) is 0 Å². The molecule has 2 aromatic rings. The molecule has 2 N–H and O–H groups in total. The lowest BCUT2D eigenvalue weighted by Gasteiger charge is -2.21. The number of aromatic nitrogens is 3. The largest absolute Gasteiger partial charge is 0.326 e. The molecule has 21 heavy (non-hydrogen) atoms. The smallest absolute Gasteiger partial charge is 0.232 e. The molecule has 1 aromatic heterocycles. The van der Waals surface area contributed by atoms with Crippen molar-refractivity contribution in [2.45, 2.75) is 19.9 Å². The summed E-state index contributed by atoms with van der Waals surface area (Å²) >= 11 is 0. The van der Waals surface area contributed by atoms with Gasteiger partial charge in [-0.05, 0) is 18.6 Å². The summed E-state index contributed by atoms with van der Waals surface area (Å²) in [6.07, 6.45) is 1.49. The molecule has 3 rings (SSSR count). The van der Waals surface area contributed by atoms with E-state index in [1.54, 1.807) is 4.68 Å². The van der Waals surface area contributed by atoms with E-state index >= 15 is 0 Å². The van der Waals surface area contributed by atoms with E-state index < -0.39 is 5.92 Å². The van der Waals surface area contributed by atoms with Gasteiger partial charge in [-0.25, -0.2) is 4.68 Å². The van der Waals surface area contributed by atoms with Crippen molar-refractivity contribution in [2.24, 2.45) is 5.92 Å². The minimum absolute atomic E-state index is 0.111. The fourth-order valence-corrected chi connectivity index (χ4v) is 2.29. The fourth-order valence-electron chi connectivity index (χ4n) is 2.29. The van der Waals surface area contributed by atoms with E-state index in [4.69, 9.17) is 0 Å². The van der Waals surface area contributed by atoms with Crippen LogP contribution in [-0.4, -0.2) is 26.6 Å². The summed E-state index contributed by atoms with van der Waals surface area (Å²) < 4.78 is 1.59. The van der Waals surface area contributed by atoms with E-state index in [0.717, 1.165) is 11.3 Å². The van der Waals surface area contributed by atoms with Gasteiger partial charge in [-0.15, -0.1) is 0 Å². The number of para-hydroxylation sites is 1. The Morgan fingerprint density at radius 3 is 3.10 bits per heavy atom. The maximum absolute atomic E-state index is 12.1. The fraction of sp³-hybridized carbons (Fsp3) is 0.286. The molecule has 0 fully saturated rings. The van der Waals surface area contributed by atoms with Gasteiger partial charge in [-0.1, -0.05) is 18.2 Å². The number of fused-ring (bicyclic) bond motifs is 1. The summed E-state index contributed by atoms with van der Waals surface area (Å²) in [5.74, 6) is -0.401. The normalized spacial score (nSPS) is 17.0. The minimum Gasteiger partial charge on any atom is -0.326 e. The van der Waals surface area contributed by atoms with Crippen molar-refractivity contribution in [2.75, 3.05) is 10.6 Å². The molecule has 1 aliphatic rings. The van der Waals surface area contributed by atoms with Gasteiger partial charge < -0.3 is 5.32 Å². The third kappa shape index (κ3) is 2.76. The van der Waals surface area contributed by atoms with Crippen LogP contribution in [0, 0.1) is 12.8 Å². The van der Waals surface area contributed by atoms with Gasteiger partial charge in [0.05, 0.1) is 12.5 Å². The van der Waals surface area contributed by atoms with Crippen molar-refractivity contribution < 1.29 is 9.59 Å². The Hall–Kier alpha value is -2.70. The second-order valence-electron chi connectivity index (χ2n) is 5.02. The molecule has 1 aliphatic heterocycles. The lowest BCUT2D eigenvalue weighted by molar-refractivity contribution is -0.125. The molecule has 0 spiro atoms. The quantitative estimate of drug-likeness (QED) is 0.886. The molecule has 0 radical (unpaired) electrons. The molecular formula is C14H15N5O2. The van der Waals surface area contributed by atoms with Gasteiger partial charge in [0.2, 0.25) is 17.8 Å². The Morgan fingerprint density at radius 1 is 1.48 bits per heavy atom. The highest BCUT2D eigenvalue weighted by Gasteiger charge is 2.29. The number of benzene rings is 1. The van der Waals surface area contributed by atoms with Gasteiger partial charge >= 0.3 is 0 Å². The Balaban J connectivity index is 1.66. The Labute approximate surface area is 121 Å². The van der Waals surface area contributed by atoms with Crippen LogP contribution in [-0.2, 0) is 16.1 Å². The van der Waals surface area contributed by atoms with Gasteiger partial charge in [0.15, 0.2) is 0 Å². The zero-order valence-corrected chi connectivity index (χ0v) is 11.5. The summed E-state index contributed by atoms with van der Waals surface area (Å²) in [4.78, 5) is 27.9. The number of nitrogens with zero attached hydrogens (tertiary/aromatic N) is 3. The molecule has 7 nitrogen and oxygen atoms in total. The summed E-state index contributed by atoms with van der Waals surface area (Å²) in [5.41, 5.74) is 1.75. The number of hydrogen-bond acceptors (Lipinski definition) is 4. The van der Waals surface area contributed by atoms with Crippen molar-refractivity contribution in [1.82, 2.24) is 14.8 Å². The van der Waals surface area contributed by atoms with E-state index in [1.807, 2.05) is 31.2 Å². The number of aryl methyl sites for hydroxylation is 1. The predicted octanol–water partition coefficient (Wildman–Crippen LogP) is 1.18. The number of nitrogens with one attached hydrogen (secondary N) is 2. The van der Waals surface area contributed by atoms with E-state index in [9.17, 15) is 9.59 Å². The lowest BCUT2D eigenvalue weighted by atomic mass is 10.0. The maximum atomic E-state index is 12.1. The van der Waals surface area contributed by atoms with Gasteiger partial charge in [-0.3, -0.25) is 14.9 Å². The van der Waals surface area contributed by atoms with Gasteiger partial charge in [-0.2, -0.15) is 10.1 Å². The molecule has 0 saturated carbocycles. The minimum atomic E-state index is -0.441. The summed E-state index contributed by atoms with van der Waals surface area (Å²) in [7, 11) is 0. The first-order chi connectivity index (χ1) is 10.1. The molecule has 2 heterocycles. The highest BCUT2D eigenvalue weighted by molar-refractivity contribution is 5.98. The Morgan fingerprint density at radius 2 is 2.29 bits per heavy atom. The van der Waals surface area contributed by atoms with Crippen molar-refractivity contribution in [3.05, 3.63) is 36.2 Å². The van der Waals surface area contributed by atoms with Crippen LogP contribution in [0.5, 0.6) is 0 Å². The van der Waals surface area contributed by atoms with E-state index in [0.29, 0.717) is 12.5 Å². The summed E-state index contributed by atoms with van der Waals surface area (Å²) in [6.45, 7) is 2.28. The Kier molecular flexibility index (Phi) is 3.39. The van der Waals surface area contributed by atoms with E-state index in [-0.39, 0.29) is 18.2 Å². The molecule has 2 amide bonds. The SMILES string of the molecule is Cc1ccccc1NC(=O)CC1Cn2ncnc2NC1=O. The van der Waals surface area contributed by atoms with Crippen LogP contribution in [0.25, 0.3) is 0 Å². The molecule has 1 atom stereocenters. The molecule has 108 valence electrons. The highest BCUT2D eigenvalue weighted by atomic mass is 16.2. The number of carbonyl (C=O) groups is 2. The van der Waals surface area contributed by atoms with Crippen LogP contribution in [0.4, 0.5) is 11.6 Å². The molecule has 0 saturated heterocycles. The average Bonchev–Trinajstić information content (AvgIpc) is 2.89. The topological polar surface area (TPSA) is 88.9 Å². The molecule has 1 aromatic carbocycles. The van der Waals surface area contributed by atoms with Crippen molar-refractivity contribution in [3.63, 3.8) is 0 Å². The van der Waals surface area contributed by atoms with Crippen LogP contribution in [0.3, 0.4) is 0 Å². The maximum Gasteiger partial charge on any atom is 0.232 e. The number of hydrogen-bond donors (Lipinski definition) is 2. The molecule has 7 heteroatoms. The van der Waals surface area contributed by atoms with E-state index in [1.165, 1.54) is 6.33 Å². The standard InChI is InChI=1S/C14H15N5O2/c1-9-4-2-3-5-11(9)17-12(20)6-10-7-19-14(15-8-16-19)18-13(10)21/h2-5,8,10H,6-7H2,1H3,(H,17,20)(H,15,16,18,21). The van der Waals surface area contributed by atoms with Crippen LogP contribution in [0.1, 0.15) is 12.0 Å². The summed E-state index contributed by atoms with van der Waals surface area (Å²) in [6, 6.07) is 7.53. The predicted molar refractivity (Wildman–Crippen MR) is 76.6 cm³/mol. The lowest BCUT2D eigenvalue weighted by Crippen LogP contribution is -2.36. The molecule has 0 aliphatic carbocycles. The van der Waals surface area contributed by atoms with Gasteiger partial charge in [0.25, 0.3) is 0 Å². The second-order valence-corrected chi connectivity index (χ2v) is 5.02. The first-order valence-corrected chi connectivity index (χ1v) is 6.67. The third-order valence-electron chi connectivity index (χ3n) is 3.47. The monoisotopic (exact) mass is 285 g/mol. The first-order valence-electron chi connectivity index (χ1n) is 6.67.